The van der Waals surface area contributed by atoms with Crippen LogP contribution in [-0.4, -0.2) is 36.1 Å². The molecule has 0 radical (unpaired) electrons. The minimum Gasteiger partial charge on any atom is -0.481 e. The molecule has 0 atom stereocenters. The SMILES string of the molecule is CCCCCCCCCCNC(=O)C=CC(=O)OCCC(=O)O. The molecule has 0 aromatic carbocycles. The van der Waals surface area contributed by atoms with E-state index < -0.39 is 11.9 Å². The Labute approximate surface area is 138 Å². The maximum Gasteiger partial charge on any atom is 0.330 e. The van der Waals surface area contributed by atoms with Crippen LogP contribution >= 0.6 is 0 Å². The Kier molecular flexibility index (Phi) is 13.8. The molecule has 0 aliphatic carbocycles. The van der Waals surface area contributed by atoms with Gasteiger partial charge in [0.15, 0.2) is 0 Å². The van der Waals surface area contributed by atoms with Crippen LogP contribution in [0.1, 0.15) is 64.7 Å². The second kappa shape index (κ2) is 15.1. The monoisotopic (exact) mass is 327 g/mol. The van der Waals surface area contributed by atoms with Crippen molar-refractivity contribution in [2.45, 2.75) is 64.7 Å². The summed E-state index contributed by atoms with van der Waals surface area (Å²) in [5.41, 5.74) is 0. The minimum absolute atomic E-state index is 0.196. The second-order valence-corrected chi connectivity index (χ2v) is 5.41. The molecule has 0 aromatic heterocycles. The van der Waals surface area contributed by atoms with Gasteiger partial charge in [0.1, 0.15) is 6.61 Å². The average Bonchev–Trinajstić information content (AvgIpc) is 2.51. The summed E-state index contributed by atoms with van der Waals surface area (Å²) >= 11 is 0. The van der Waals surface area contributed by atoms with Gasteiger partial charge in [-0.1, -0.05) is 51.9 Å². The Morgan fingerprint density at radius 1 is 0.957 bits per heavy atom. The third-order valence-corrected chi connectivity index (χ3v) is 3.26. The van der Waals surface area contributed by atoms with Gasteiger partial charge in [-0.05, 0) is 6.42 Å². The highest BCUT2D eigenvalue weighted by Crippen LogP contribution is 2.07. The lowest BCUT2D eigenvalue weighted by Gasteiger charge is -2.03. The molecule has 0 bridgehead atoms. The van der Waals surface area contributed by atoms with Crippen molar-refractivity contribution in [3.05, 3.63) is 12.2 Å². The zero-order chi connectivity index (χ0) is 17.3. The van der Waals surface area contributed by atoms with Gasteiger partial charge in [0.2, 0.25) is 5.91 Å². The Hall–Kier alpha value is -1.85. The van der Waals surface area contributed by atoms with Crippen molar-refractivity contribution in [3.8, 4) is 0 Å². The third kappa shape index (κ3) is 16.3. The number of esters is 1. The summed E-state index contributed by atoms with van der Waals surface area (Å²) in [4.78, 5) is 32.8. The third-order valence-electron chi connectivity index (χ3n) is 3.26. The molecule has 0 heterocycles. The van der Waals surface area contributed by atoms with E-state index in [1.165, 1.54) is 38.5 Å². The number of carboxylic acids is 1. The van der Waals surface area contributed by atoms with E-state index in [0.29, 0.717) is 6.54 Å². The normalized spacial score (nSPS) is 10.7. The van der Waals surface area contributed by atoms with Gasteiger partial charge >= 0.3 is 11.9 Å². The Balaban J connectivity index is 3.50. The van der Waals surface area contributed by atoms with Gasteiger partial charge in [-0.25, -0.2) is 4.79 Å². The van der Waals surface area contributed by atoms with E-state index in [0.717, 1.165) is 25.0 Å². The van der Waals surface area contributed by atoms with Gasteiger partial charge in [0, 0.05) is 18.7 Å². The molecule has 0 aliphatic rings. The van der Waals surface area contributed by atoms with Crippen molar-refractivity contribution in [2.24, 2.45) is 0 Å². The minimum atomic E-state index is -1.04. The Morgan fingerprint density at radius 3 is 2.17 bits per heavy atom. The maximum absolute atomic E-state index is 11.4. The van der Waals surface area contributed by atoms with Crippen LogP contribution in [0.25, 0.3) is 0 Å². The first-order valence-electron chi connectivity index (χ1n) is 8.40. The smallest absolute Gasteiger partial charge is 0.330 e. The highest BCUT2D eigenvalue weighted by atomic mass is 16.5. The number of carbonyl (C=O) groups is 3. The Bertz CT molecular complexity index is 379. The van der Waals surface area contributed by atoms with E-state index in [-0.39, 0.29) is 18.9 Å². The molecule has 132 valence electrons. The van der Waals surface area contributed by atoms with E-state index in [1.807, 2.05) is 0 Å². The van der Waals surface area contributed by atoms with Crippen LogP contribution in [0.2, 0.25) is 0 Å². The zero-order valence-corrected chi connectivity index (χ0v) is 14.0. The Morgan fingerprint density at radius 2 is 1.57 bits per heavy atom. The number of rotatable bonds is 14. The fraction of sp³-hybridized carbons (Fsp3) is 0.706. The summed E-state index contributed by atoms with van der Waals surface area (Å²) < 4.78 is 4.61. The molecular formula is C17H29NO5. The number of carboxylic acid groups (broad SMARTS) is 1. The van der Waals surface area contributed by atoms with Crippen LogP contribution in [-0.2, 0) is 19.1 Å². The number of nitrogens with one attached hydrogen (secondary N) is 1. The predicted molar refractivity (Wildman–Crippen MR) is 88.0 cm³/mol. The van der Waals surface area contributed by atoms with Gasteiger partial charge < -0.3 is 15.2 Å². The van der Waals surface area contributed by atoms with Gasteiger partial charge in [-0.15, -0.1) is 0 Å². The number of carbonyl (C=O) groups excluding carboxylic acids is 2. The van der Waals surface area contributed by atoms with E-state index in [1.54, 1.807) is 0 Å². The maximum atomic E-state index is 11.4. The van der Waals surface area contributed by atoms with E-state index in [4.69, 9.17) is 5.11 Å². The molecule has 23 heavy (non-hydrogen) atoms. The number of hydrogen-bond donors (Lipinski definition) is 2. The lowest BCUT2D eigenvalue weighted by Crippen LogP contribution is -2.22. The highest BCUT2D eigenvalue weighted by Gasteiger charge is 2.02. The van der Waals surface area contributed by atoms with Crippen LogP contribution in [0.3, 0.4) is 0 Å². The molecule has 0 saturated heterocycles. The predicted octanol–water partition coefficient (Wildman–Crippen LogP) is 2.82. The molecule has 0 rings (SSSR count). The summed E-state index contributed by atoms with van der Waals surface area (Å²) in [7, 11) is 0. The molecule has 0 unspecified atom stereocenters. The van der Waals surface area contributed by atoms with Gasteiger partial charge in [-0.3, -0.25) is 9.59 Å². The number of hydrogen-bond acceptors (Lipinski definition) is 4. The lowest BCUT2D eigenvalue weighted by molar-refractivity contribution is -0.142. The number of ether oxygens (including phenoxy) is 1. The van der Waals surface area contributed by atoms with E-state index >= 15 is 0 Å². The second-order valence-electron chi connectivity index (χ2n) is 5.41. The van der Waals surface area contributed by atoms with Crippen molar-refractivity contribution in [3.63, 3.8) is 0 Å². The first kappa shape index (κ1) is 21.1. The first-order valence-corrected chi connectivity index (χ1v) is 8.40. The van der Waals surface area contributed by atoms with Crippen LogP contribution in [0, 0.1) is 0 Å². The molecule has 0 aromatic rings. The van der Waals surface area contributed by atoms with Gasteiger partial charge in [-0.2, -0.15) is 0 Å². The van der Waals surface area contributed by atoms with E-state index in [2.05, 4.69) is 17.0 Å². The molecular weight excluding hydrogens is 298 g/mol. The van der Waals surface area contributed by atoms with Crippen molar-refractivity contribution < 1.29 is 24.2 Å². The van der Waals surface area contributed by atoms with Gasteiger partial charge in [0.25, 0.3) is 0 Å². The summed E-state index contributed by atoms with van der Waals surface area (Å²) in [5, 5.41) is 11.1. The molecule has 0 spiro atoms. The molecule has 0 saturated carbocycles. The largest absolute Gasteiger partial charge is 0.481 e. The molecule has 6 heteroatoms. The summed E-state index contributed by atoms with van der Waals surface area (Å²) in [6.45, 7) is 2.59. The lowest BCUT2D eigenvalue weighted by atomic mass is 10.1. The van der Waals surface area contributed by atoms with Crippen molar-refractivity contribution in [2.75, 3.05) is 13.2 Å². The van der Waals surface area contributed by atoms with Crippen molar-refractivity contribution >= 4 is 17.8 Å². The summed E-state index contributed by atoms with van der Waals surface area (Å²) in [5.74, 6) is -2.10. The molecule has 0 aliphatic heterocycles. The molecule has 0 fully saturated rings. The summed E-state index contributed by atoms with van der Waals surface area (Å²) in [6.07, 6.45) is 11.5. The number of aliphatic carboxylic acids is 1. The standard InChI is InChI=1S/C17H29NO5/c1-2-3-4-5-6-7-8-9-13-18-15(19)10-11-17(22)23-14-12-16(20)21/h10-11H,2-9,12-14H2,1H3,(H,18,19)(H,20,21). The molecule has 6 nitrogen and oxygen atoms in total. The number of unbranched alkanes of at least 4 members (excludes halogenated alkanes) is 7. The topological polar surface area (TPSA) is 92.7 Å². The quantitative estimate of drug-likeness (QED) is 0.291. The van der Waals surface area contributed by atoms with Crippen molar-refractivity contribution in [1.29, 1.82) is 0 Å². The fourth-order valence-electron chi connectivity index (χ4n) is 1.96. The summed E-state index contributed by atoms with van der Waals surface area (Å²) in [6, 6.07) is 0. The first-order chi connectivity index (χ1) is 11.1. The number of amides is 1. The van der Waals surface area contributed by atoms with E-state index in [9.17, 15) is 14.4 Å². The highest BCUT2D eigenvalue weighted by molar-refractivity contribution is 5.94. The van der Waals surface area contributed by atoms with Crippen LogP contribution in [0.4, 0.5) is 0 Å². The average molecular weight is 327 g/mol. The van der Waals surface area contributed by atoms with Crippen LogP contribution < -0.4 is 5.32 Å². The molecule has 1 amide bonds. The molecule has 2 N–H and O–H groups in total. The zero-order valence-electron chi connectivity index (χ0n) is 14.0. The van der Waals surface area contributed by atoms with Crippen LogP contribution in [0.5, 0.6) is 0 Å². The van der Waals surface area contributed by atoms with Gasteiger partial charge in [0.05, 0.1) is 6.42 Å². The van der Waals surface area contributed by atoms with Crippen molar-refractivity contribution in [1.82, 2.24) is 5.32 Å². The van der Waals surface area contributed by atoms with Crippen LogP contribution in [0.15, 0.2) is 12.2 Å². The fourth-order valence-corrected chi connectivity index (χ4v) is 1.96.